The summed E-state index contributed by atoms with van der Waals surface area (Å²) in [4.78, 5) is 14.4. The van der Waals surface area contributed by atoms with Crippen LogP contribution < -0.4 is 15.8 Å². The number of nitrogens with one attached hydrogen (secondary N) is 1. The van der Waals surface area contributed by atoms with E-state index < -0.39 is 4.92 Å². The minimum absolute atomic E-state index is 0.111. The van der Waals surface area contributed by atoms with Crippen molar-refractivity contribution in [2.45, 2.75) is 6.92 Å². The molecule has 1 aromatic heterocycles. The molecule has 0 saturated carbocycles. The summed E-state index contributed by atoms with van der Waals surface area (Å²) in [6.07, 6.45) is 0. The smallest absolute Gasteiger partial charge is 0.311 e. The van der Waals surface area contributed by atoms with Crippen LogP contribution in [-0.4, -0.2) is 17.0 Å². The van der Waals surface area contributed by atoms with Crippen LogP contribution in [-0.2, 0) is 0 Å². The zero-order valence-electron chi connectivity index (χ0n) is 11.1. The number of nitrogens with zero attached hydrogens (tertiary/aromatic N) is 2. The first-order valence-corrected chi connectivity index (χ1v) is 5.84. The van der Waals surface area contributed by atoms with Gasteiger partial charge in [-0.1, -0.05) is 0 Å². The van der Waals surface area contributed by atoms with Crippen molar-refractivity contribution in [1.29, 1.82) is 0 Å². The second-order valence-electron chi connectivity index (χ2n) is 4.17. The number of pyridine rings is 1. The Morgan fingerprint density at radius 1 is 1.35 bits per heavy atom. The Hall–Kier alpha value is -2.83. The topological polar surface area (TPSA) is 103 Å². The second-order valence-corrected chi connectivity index (χ2v) is 4.17. The van der Waals surface area contributed by atoms with Crippen LogP contribution in [0.25, 0.3) is 0 Å². The van der Waals surface area contributed by atoms with Gasteiger partial charge in [0.2, 0.25) is 5.82 Å². The van der Waals surface area contributed by atoms with E-state index in [4.69, 9.17) is 10.5 Å². The molecule has 20 heavy (non-hydrogen) atoms. The summed E-state index contributed by atoms with van der Waals surface area (Å²) in [5.74, 6) is 1.06. The Morgan fingerprint density at radius 3 is 2.70 bits per heavy atom. The second kappa shape index (κ2) is 5.43. The van der Waals surface area contributed by atoms with Crippen molar-refractivity contribution in [2.75, 3.05) is 18.2 Å². The number of anilines is 3. The van der Waals surface area contributed by atoms with Gasteiger partial charge in [-0.25, -0.2) is 4.98 Å². The Morgan fingerprint density at radius 2 is 2.10 bits per heavy atom. The van der Waals surface area contributed by atoms with Crippen molar-refractivity contribution in [2.24, 2.45) is 0 Å². The van der Waals surface area contributed by atoms with E-state index >= 15 is 0 Å². The molecule has 1 aromatic carbocycles. The normalized spacial score (nSPS) is 10.1. The summed E-state index contributed by atoms with van der Waals surface area (Å²) in [6, 6.07) is 8.05. The summed E-state index contributed by atoms with van der Waals surface area (Å²) in [5.41, 5.74) is 7.01. The Labute approximate surface area is 115 Å². The molecule has 2 rings (SSSR count). The van der Waals surface area contributed by atoms with Gasteiger partial charge in [0.05, 0.1) is 12.0 Å². The lowest BCUT2D eigenvalue weighted by molar-refractivity contribution is -0.384. The lowest BCUT2D eigenvalue weighted by atomic mass is 10.2. The van der Waals surface area contributed by atoms with Gasteiger partial charge in [-0.05, 0) is 36.8 Å². The molecule has 0 fully saturated rings. The molecule has 0 atom stereocenters. The lowest BCUT2D eigenvalue weighted by Gasteiger charge is -2.10. The summed E-state index contributed by atoms with van der Waals surface area (Å²) < 4.78 is 5.16. The third-order valence-corrected chi connectivity index (χ3v) is 2.75. The summed E-state index contributed by atoms with van der Waals surface area (Å²) in [6.45, 7) is 1.88. The fraction of sp³-hybridized carbons (Fsp3) is 0.154. The van der Waals surface area contributed by atoms with E-state index in [-0.39, 0.29) is 17.3 Å². The fourth-order valence-electron chi connectivity index (χ4n) is 1.80. The van der Waals surface area contributed by atoms with E-state index in [0.717, 1.165) is 11.3 Å². The maximum Gasteiger partial charge on any atom is 0.311 e. The highest BCUT2D eigenvalue weighted by molar-refractivity contribution is 5.68. The number of aromatic nitrogens is 1. The zero-order valence-corrected chi connectivity index (χ0v) is 11.1. The summed E-state index contributed by atoms with van der Waals surface area (Å²) in [7, 11) is 1.58. The number of aryl methyl sites for hydroxylation is 1. The molecule has 1 heterocycles. The van der Waals surface area contributed by atoms with Crippen LogP contribution in [0.4, 0.5) is 23.0 Å². The fourth-order valence-corrected chi connectivity index (χ4v) is 1.80. The van der Waals surface area contributed by atoms with E-state index in [0.29, 0.717) is 5.69 Å². The quantitative estimate of drug-likeness (QED) is 0.656. The van der Waals surface area contributed by atoms with Crippen molar-refractivity contribution < 1.29 is 9.66 Å². The molecule has 0 unspecified atom stereocenters. The maximum atomic E-state index is 11.0. The van der Waals surface area contributed by atoms with Gasteiger partial charge in [-0.3, -0.25) is 10.1 Å². The largest absolute Gasteiger partial charge is 0.496 e. The average Bonchev–Trinajstić information content (AvgIpc) is 2.38. The third kappa shape index (κ3) is 2.77. The number of benzene rings is 1. The molecule has 7 nitrogen and oxygen atoms in total. The van der Waals surface area contributed by atoms with Crippen LogP contribution in [0, 0.1) is 17.0 Å². The number of rotatable bonds is 4. The molecule has 0 aliphatic heterocycles. The van der Waals surface area contributed by atoms with Crippen LogP contribution in [0.2, 0.25) is 0 Å². The zero-order chi connectivity index (χ0) is 14.7. The summed E-state index contributed by atoms with van der Waals surface area (Å²) in [5, 5.41) is 13.9. The number of hydrogen-bond acceptors (Lipinski definition) is 6. The Kier molecular flexibility index (Phi) is 3.69. The molecule has 0 spiro atoms. The van der Waals surface area contributed by atoms with Crippen LogP contribution in [0.1, 0.15) is 5.56 Å². The first-order chi connectivity index (χ1) is 9.51. The first kappa shape index (κ1) is 13.6. The van der Waals surface area contributed by atoms with Gasteiger partial charge in [-0.15, -0.1) is 0 Å². The summed E-state index contributed by atoms with van der Waals surface area (Å²) >= 11 is 0. The minimum Gasteiger partial charge on any atom is -0.496 e. The van der Waals surface area contributed by atoms with Crippen LogP contribution in [0.5, 0.6) is 5.75 Å². The standard InChI is InChI=1S/C13H14N4O3/c1-8-7-9(3-5-11(8)20-2)15-13-10(17(18)19)4-6-12(14)16-13/h3-7H,1-2H3,(H3,14,15,16). The number of nitro groups is 1. The van der Waals surface area contributed by atoms with E-state index in [1.54, 1.807) is 19.2 Å². The van der Waals surface area contributed by atoms with Gasteiger partial charge >= 0.3 is 5.69 Å². The Bertz CT molecular complexity index is 658. The molecule has 2 aromatic rings. The highest BCUT2D eigenvalue weighted by atomic mass is 16.6. The van der Waals surface area contributed by atoms with Gasteiger partial charge in [0.1, 0.15) is 11.6 Å². The molecule has 3 N–H and O–H groups in total. The molecule has 0 aliphatic rings. The maximum absolute atomic E-state index is 11.0. The van der Waals surface area contributed by atoms with Crippen molar-refractivity contribution in [1.82, 2.24) is 4.98 Å². The predicted octanol–water partition coefficient (Wildman–Crippen LogP) is 2.63. The minimum atomic E-state index is -0.509. The van der Waals surface area contributed by atoms with Gasteiger partial charge in [-0.2, -0.15) is 0 Å². The van der Waals surface area contributed by atoms with Crippen LogP contribution in [0.15, 0.2) is 30.3 Å². The number of hydrogen-bond donors (Lipinski definition) is 2. The molecule has 0 aliphatic carbocycles. The molecule has 7 heteroatoms. The molecule has 0 radical (unpaired) electrons. The van der Waals surface area contributed by atoms with Crippen LogP contribution >= 0.6 is 0 Å². The van der Waals surface area contributed by atoms with Crippen molar-refractivity contribution >= 4 is 23.0 Å². The van der Waals surface area contributed by atoms with E-state index in [2.05, 4.69) is 10.3 Å². The van der Waals surface area contributed by atoms with Gasteiger partial charge in [0.15, 0.2) is 0 Å². The van der Waals surface area contributed by atoms with Gasteiger partial charge in [0.25, 0.3) is 0 Å². The van der Waals surface area contributed by atoms with Gasteiger partial charge < -0.3 is 15.8 Å². The molecule has 104 valence electrons. The van der Waals surface area contributed by atoms with Crippen molar-refractivity contribution in [3.63, 3.8) is 0 Å². The number of nitrogen functional groups attached to an aromatic ring is 1. The number of nitrogens with two attached hydrogens (primary N) is 1. The van der Waals surface area contributed by atoms with Crippen molar-refractivity contribution in [3.05, 3.63) is 46.0 Å². The Balaban J connectivity index is 2.36. The van der Waals surface area contributed by atoms with E-state index in [1.807, 2.05) is 13.0 Å². The van der Waals surface area contributed by atoms with E-state index in [9.17, 15) is 10.1 Å². The number of methoxy groups -OCH3 is 1. The monoisotopic (exact) mass is 274 g/mol. The van der Waals surface area contributed by atoms with E-state index in [1.165, 1.54) is 12.1 Å². The van der Waals surface area contributed by atoms with Gasteiger partial charge in [0, 0.05) is 11.8 Å². The lowest BCUT2D eigenvalue weighted by Crippen LogP contribution is -2.02. The van der Waals surface area contributed by atoms with Crippen molar-refractivity contribution in [3.8, 4) is 5.75 Å². The molecule has 0 saturated heterocycles. The SMILES string of the molecule is COc1ccc(Nc2nc(N)ccc2[N+](=O)[O-])cc1C. The average molecular weight is 274 g/mol. The molecular formula is C13H14N4O3. The molecular weight excluding hydrogens is 260 g/mol. The molecule has 0 amide bonds. The van der Waals surface area contributed by atoms with Crippen LogP contribution in [0.3, 0.4) is 0 Å². The predicted molar refractivity (Wildman–Crippen MR) is 76.3 cm³/mol. The third-order valence-electron chi connectivity index (χ3n) is 2.75. The number of ether oxygens (including phenoxy) is 1. The first-order valence-electron chi connectivity index (χ1n) is 5.84. The highest BCUT2D eigenvalue weighted by Gasteiger charge is 2.15. The molecule has 0 bridgehead atoms. The highest BCUT2D eigenvalue weighted by Crippen LogP contribution is 2.28.